The highest BCUT2D eigenvalue weighted by atomic mass is 35.5. The molecule has 0 unspecified atom stereocenters. The van der Waals surface area contributed by atoms with Crippen molar-refractivity contribution in [1.82, 2.24) is 4.57 Å². The number of hydrogen-bond acceptors (Lipinski definition) is 3. The number of benzene rings is 1. The van der Waals surface area contributed by atoms with Crippen LogP contribution in [0.5, 0.6) is 5.75 Å². The van der Waals surface area contributed by atoms with Gasteiger partial charge in [-0.25, -0.2) is 9.18 Å². The second-order valence-electron chi connectivity index (χ2n) is 6.14. The Hall–Kier alpha value is -1.90. The molecular formula is C18H14Cl3F4NO3. The van der Waals surface area contributed by atoms with Gasteiger partial charge in [0.1, 0.15) is 16.7 Å². The van der Waals surface area contributed by atoms with Gasteiger partial charge in [-0.15, -0.1) is 6.58 Å². The van der Waals surface area contributed by atoms with Gasteiger partial charge in [0.25, 0.3) is 0 Å². The fraction of sp³-hybridized carbons (Fsp3) is 0.278. The Morgan fingerprint density at radius 3 is 2.34 bits per heavy atom. The third-order valence-corrected chi connectivity index (χ3v) is 4.91. The topological polar surface area (TPSA) is 40.5 Å². The van der Waals surface area contributed by atoms with Gasteiger partial charge in [0.15, 0.2) is 5.75 Å². The summed E-state index contributed by atoms with van der Waals surface area (Å²) in [5, 5.41) is -1.53. The summed E-state index contributed by atoms with van der Waals surface area (Å²) >= 11 is 17.7. The molecule has 158 valence electrons. The van der Waals surface area contributed by atoms with Crippen molar-refractivity contribution in [1.29, 1.82) is 0 Å². The quantitative estimate of drug-likeness (QED) is 0.196. The lowest BCUT2D eigenvalue weighted by Crippen LogP contribution is -2.11. The van der Waals surface area contributed by atoms with Crippen LogP contribution in [0.15, 0.2) is 24.3 Å². The molecule has 1 aromatic heterocycles. The van der Waals surface area contributed by atoms with E-state index in [0.717, 1.165) is 24.8 Å². The van der Waals surface area contributed by atoms with E-state index in [2.05, 4.69) is 11.5 Å². The average molecular weight is 475 g/mol. The van der Waals surface area contributed by atoms with Gasteiger partial charge in [-0.05, 0) is 25.5 Å². The summed E-state index contributed by atoms with van der Waals surface area (Å²) in [5.74, 6) is -2.06. The average Bonchev–Trinajstić information content (AvgIpc) is 2.81. The highest BCUT2D eigenvalue weighted by molar-refractivity contribution is 6.40. The van der Waals surface area contributed by atoms with E-state index in [-0.39, 0.29) is 17.2 Å². The van der Waals surface area contributed by atoms with Crippen LogP contribution in [0.3, 0.4) is 0 Å². The van der Waals surface area contributed by atoms with Crippen molar-refractivity contribution >= 4 is 40.8 Å². The molecule has 0 aliphatic carbocycles. The summed E-state index contributed by atoms with van der Waals surface area (Å²) in [4.78, 5) is 21.1. The third-order valence-electron chi connectivity index (χ3n) is 3.80. The van der Waals surface area contributed by atoms with E-state index >= 15 is 0 Å². The highest BCUT2D eigenvalue weighted by Crippen LogP contribution is 2.47. The molecule has 0 saturated carbocycles. The monoisotopic (exact) mass is 473 g/mol. The van der Waals surface area contributed by atoms with Crippen LogP contribution in [0.1, 0.15) is 25.5 Å². The lowest BCUT2D eigenvalue weighted by Gasteiger charge is -2.10. The van der Waals surface area contributed by atoms with Crippen LogP contribution in [0.4, 0.5) is 17.6 Å². The van der Waals surface area contributed by atoms with Gasteiger partial charge < -0.3 is 4.57 Å². The highest BCUT2D eigenvalue weighted by Gasteiger charge is 2.40. The molecule has 0 aliphatic rings. The van der Waals surface area contributed by atoms with Crippen molar-refractivity contribution in [3.05, 3.63) is 51.0 Å². The minimum absolute atomic E-state index is 0.0215. The molecule has 0 atom stereocenters. The van der Waals surface area contributed by atoms with Gasteiger partial charge in [-0.2, -0.15) is 13.2 Å². The van der Waals surface area contributed by atoms with Gasteiger partial charge in [0, 0.05) is 18.2 Å². The molecule has 0 saturated heterocycles. The molecule has 0 radical (unpaired) electrons. The smallest absolute Gasteiger partial charge is 0.329 e. The molecule has 11 heteroatoms. The summed E-state index contributed by atoms with van der Waals surface area (Å²) in [7, 11) is 1.04. The maximum absolute atomic E-state index is 14.5. The zero-order chi connectivity index (χ0) is 22.1. The second-order valence-corrected chi connectivity index (χ2v) is 7.29. The van der Waals surface area contributed by atoms with E-state index < -0.39 is 45.0 Å². The van der Waals surface area contributed by atoms with Crippen molar-refractivity contribution < 1.29 is 32.1 Å². The number of nitrogens with zero attached hydrogens (tertiary/aromatic N) is 1. The van der Waals surface area contributed by atoms with E-state index in [1.807, 2.05) is 0 Å². The Morgan fingerprint density at radius 2 is 1.83 bits per heavy atom. The molecule has 29 heavy (non-hydrogen) atoms. The van der Waals surface area contributed by atoms with Crippen molar-refractivity contribution in [2.75, 3.05) is 0 Å². The molecule has 4 nitrogen and oxygen atoms in total. The van der Waals surface area contributed by atoms with Crippen LogP contribution < -0.4 is 4.89 Å². The first kappa shape index (κ1) is 23.4. The van der Waals surface area contributed by atoms with Crippen LogP contribution in [-0.4, -0.2) is 10.5 Å². The van der Waals surface area contributed by atoms with Crippen molar-refractivity contribution in [2.45, 2.75) is 25.9 Å². The first-order valence-electron chi connectivity index (χ1n) is 7.96. The molecule has 0 bridgehead atoms. The Labute approximate surface area is 178 Å². The fourth-order valence-corrected chi connectivity index (χ4v) is 3.34. The Kier molecular flexibility index (Phi) is 7.14. The molecule has 0 N–H and O–H groups in total. The van der Waals surface area contributed by atoms with Crippen molar-refractivity contribution in [3.8, 4) is 16.9 Å². The minimum Gasteiger partial charge on any atom is -0.329 e. The van der Waals surface area contributed by atoms with E-state index in [4.69, 9.17) is 39.7 Å². The van der Waals surface area contributed by atoms with Gasteiger partial charge in [-0.1, -0.05) is 40.4 Å². The lowest BCUT2D eigenvalue weighted by molar-refractivity contribution is -0.213. The number of halogens is 7. The van der Waals surface area contributed by atoms with E-state index in [1.54, 1.807) is 6.92 Å². The summed E-state index contributed by atoms with van der Waals surface area (Å²) in [6.45, 7) is 5.36. The number of alkyl halides is 3. The predicted octanol–water partition coefficient (Wildman–Crippen LogP) is 7.00. The minimum atomic E-state index is -4.82. The Bertz CT molecular complexity index is 970. The largest absolute Gasteiger partial charge is 0.432 e. The summed E-state index contributed by atoms with van der Waals surface area (Å²) in [6.07, 6.45) is -4.49. The first-order chi connectivity index (χ1) is 13.3. The maximum Gasteiger partial charge on any atom is 0.432 e. The van der Waals surface area contributed by atoms with Gasteiger partial charge in [-0.3, -0.25) is 9.78 Å². The zero-order valence-corrected chi connectivity index (χ0v) is 17.4. The first-order valence-corrected chi connectivity index (χ1v) is 9.10. The number of rotatable bonds is 6. The SMILES string of the molecule is C=C(C)CCC(=O)OOc1cc(-c2c(Cl)c(C(F)(F)F)n(C)c2Cl)c(F)cc1Cl. The summed E-state index contributed by atoms with van der Waals surface area (Å²) in [6, 6.07) is 1.72. The lowest BCUT2D eigenvalue weighted by atomic mass is 10.1. The van der Waals surface area contributed by atoms with E-state index in [9.17, 15) is 22.4 Å². The molecule has 0 aliphatic heterocycles. The van der Waals surface area contributed by atoms with Crippen LogP contribution in [0.2, 0.25) is 15.2 Å². The number of aromatic nitrogens is 1. The van der Waals surface area contributed by atoms with Crippen LogP contribution in [0.25, 0.3) is 11.1 Å². The normalized spacial score (nSPS) is 11.5. The Morgan fingerprint density at radius 1 is 1.21 bits per heavy atom. The maximum atomic E-state index is 14.5. The van der Waals surface area contributed by atoms with E-state index in [0.29, 0.717) is 11.0 Å². The Balaban J connectivity index is 2.43. The standard InChI is InChI=1S/C18H14Cl3F4NO3/c1-8(2)4-5-13(27)29-28-12-6-9(11(22)7-10(12)19)14-15(20)16(18(23,24)25)26(3)17(14)21/h6-7H,1,4-5H2,2-3H3. The van der Waals surface area contributed by atoms with Crippen LogP contribution in [0, 0.1) is 5.82 Å². The van der Waals surface area contributed by atoms with Gasteiger partial charge in [0.2, 0.25) is 0 Å². The zero-order valence-electron chi connectivity index (χ0n) is 15.1. The van der Waals surface area contributed by atoms with Crippen LogP contribution in [-0.2, 0) is 22.9 Å². The number of carbonyl (C=O) groups is 1. The number of allylic oxidation sites excluding steroid dienone is 1. The molecule has 2 aromatic rings. The molecule has 1 aromatic carbocycles. The van der Waals surface area contributed by atoms with E-state index in [1.165, 1.54) is 0 Å². The molecule has 1 heterocycles. The van der Waals surface area contributed by atoms with Crippen LogP contribution >= 0.6 is 34.8 Å². The molecule has 0 spiro atoms. The summed E-state index contributed by atoms with van der Waals surface area (Å²) in [5.41, 5.74) is -1.32. The summed E-state index contributed by atoms with van der Waals surface area (Å²) < 4.78 is 54.7. The van der Waals surface area contributed by atoms with Gasteiger partial charge >= 0.3 is 12.1 Å². The van der Waals surface area contributed by atoms with Gasteiger partial charge in [0.05, 0.1) is 16.5 Å². The fourth-order valence-electron chi connectivity index (χ4n) is 2.40. The third kappa shape index (κ3) is 5.18. The molecular weight excluding hydrogens is 461 g/mol. The second kappa shape index (κ2) is 8.85. The molecule has 0 amide bonds. The predicted molar refractivity (Wildman–Crippen MR) is 102 cm³/mol. The molecule has 2 rings (SSSR count). The van der Waals surface area contributed by atoms with Crippen molar-refractivity contribution in [2.24, 2.45) is 7.05 Å². The molecule has 0 fully saturated rings. The number of carbonyl (C=O) groups excluding carboxylic acids is 1. The number of hydrogen-bond donors (Lipinski definition) is 0. The van der Waals surface area contributed by atoms with Crippen molar-refractivity contribution in [3.63, 3.8) is 0 Å².